The van der Waals surface area contributed by atoms with Crippen molar-refractivity contribution in [1.82, 2.24) is 0 Å². The van der Waals surface area contributed by atoms with E-state index in [0.717, 1.165) is 23.2 Å². The summed E-state index contributed by atoms with van der Waals surface area (Å²) in [7, 11) is 0. The maximum absolute atomic E-state index is 14.5. The van der Waals surface area contributed by atoms with Gasteiger partial charge in [0.05, 0.1) is 11.3 Å². The lowest BCUT2D eigenvalue weighted by Crippen LogP contribution is -2.56. The number of nitrogens with zero attached hydrogens (tertiary/aromatic N) is 2. The Hall–Kier alpha value is -3.07. The van der Waals surface area contributed by atoms with Crippen molar-refractivity contribution >= 4 is 17.4 Å². The molecule has 6 heteroatoms. The molecule has 6 nitrogen and oxygen atoms in total. The summed E-state index contributed by atoms with van der Waals surface area (Å²) in [6.07, 6.45) is 1.56. The fourth-order valence-electron chi connectivity index (χ4n) is 6.52. The van der Waals surface area contributed by atoms with Gasteiger partial charge in [-0.2, -0.15) is 5.26 Å². The van der Waals surface area contributed by atoms with Crippen LogP contribution in [0.25, 0.3) is 0 Å². The van der Waals surface area contributed by atoms with E-state index in [0.29, 0.717) is 23.3 Å². The Kier molecular flexibility index (Phi) is 3.93. The summed E-state index contributed by atoms with van der Waals surface area (Å²) in [5.41, 5.74) is 7.90. The first-order valence-electron chi connectivity index (χ1n) is 11.2. The molecule has 1 aliphatic carbocycles. The molecule has 0 saturated carbocycles. The van der Waals surface area contributed by atoms with E-state index in [-0.39, 0.29) is 40.9 Å². The largest absolute Gasteiger partial charge is 0.444 e. The van der Waals surface area contributed by atoms with Crippen molar-refractivity contribution in [3.8, 4) is 6.07 Å². The zero-order valence-corrected chi connectivity index (χ0v) is 19.5. The first kappa shape index (κ1) is 20.8. The summed E-state index contributed by atoms with van der Waals surface area (Å²) in [5.74, 6) is 0.174. The fraction of sp³-hybridized carbons (Fsp3) is 0.500. The van der Waals surface area contributed by atoms with Gasteiger partial charge in [-0.15, -0.1) is 0 Å². The van der Waals surface area contributed by atoms with Crippen LogP contribution in [0.15, 0.2) is 34.9 Å². The summed E-state index contributed by atoms with van der Waals surface area (Å²) < 4.78 is 5.89. The molecule has 0 radical (unpaired) electrons. The van der Waals surface area contributed by atoms with Crippen molar-refractivity contribution in [2.75, 3.05) is 4.90 Å². The monoisotopic (exact) mass is 431 g/mol. The molecule has 0 fully saturated rings. The normalized spacial score (nSPS) is 29.7. The maximum Gasteiger partial charge on any atom is 0.248 e. The Morgan fingerprint density at radius 1 is 1.19 bits per heavy atom. The van der Waals surface area contributed by atoms with Crippen LogP contribution in [0.2, 0.25) is 0 Å². The summed E-state index contributed by atoms with van der Waals surface area (Å²) in [4.78, 5) is 30.0. The van der Waals surface area contributed by atoms with Crippen LogP contribution in [0, 0.1) is 23.7 Å². The number of ketones is 1. The van der Waals surface area contributed by atoms with E-state index < -0.39 is 11.0 Å². The molecule has 3 aliphatic heterocycles. The number of rotatable bonds is 0. The topological polar surface area (TPSA) is 96.4 Å². The Bertz CT molecular complexity index is 1230. The van der Waals surface area contributed by atoms with Crippen LogP contribution < -0.4 is 10.6 Å². The first-order valence-corrected chi connectivity index (χ1v) is 11.2. The Balaban J connectivity index is 1.94. The van der Waals surface area contributed by atoms with E-state index in [1.165, 1.54) is 0 Å². The molecule has 5 rings (SSSR count). The number of hydrogen-bond donors (Lipinski definition) is 1. The molecular formula is C26H29N3O3. The van der Waals surface area contributed by atoms with Crippen LogP contribution in [0.5, 0.6) is 0 Å². The van der Waals surface area contributed by atoms with Gasteiger partial charge in [0, 0.05) is 23.9 Å². The Labute approximate surface area is 188 Å². The molecule has 1 aromatic carbocycles. The van der Waals surface area contributed by atoms with Gasteiger partial charge in [-0.1, -0.05) is 38.5 Å². The molecule has 3 heterocycles. The molecule has 0 saturated heterocycles. The highest BCUT2D eigenvalue weighted by molar-refractivity contribution is 6.21. The van der Waals surface area contributed by atoms with E-state index in [9.17, 15) is 14.9 Å². The lowest BCUT2D eigenvalue weighted by atomic mass is 9.62. The average molecular weight is 432 g/mol. The van der Waals surface area contributed by atoms with Crippen LogP contribution in [0.1, 0.15) is 76.5 Å². The molecule has 1 amide bonds. The van der Waals surface area contributed by atoms with Gasteiger partial charge < -0.3 is 15.4 Å². The molecule has 1 aromatic rings. The van der Waals surface area contributed by atoms with Gasteiger partial charge in [0.1, 0.15) is 22.8 Å². The number of nitrogens with two attached hydrogens (primary N) is 1. The van der Waals surface area contributed by atoms with Crippen molar-refractivity contribution in [1.29, 1.82) is 5.26 Å². The number of carbonyl (C=O) groups is 2. The minimum absolute atomic E-state index is 0.0277. The van der Waals surface area contributed by atoms with Crippen LogP contribution in [-0.4, -0.2) is 17.2 Å². The lowest BCUT2D eigenvalue weighted by molar-refractivity contribution is -0.126. The zero-order valence-electron chi connectivity index (χ0n) is 19.5. The number of Topliss-reactive ketones (excluding diaryl/α,β-unsaturated/α-hetero) is 1. The van der Waals surface area contributed by atoms with Gasteiger partial charge >= 0.3 is 0 Å². The third kappa shape index (κ3) is 2.34. The lowest BCUT2D eigenvalue weighted by Gasteiger charge is -2.45. The zero-order chi connectivity index (χ0) is 23.4. The molecule has 4 aliphatic rings. The molecule has 32 heavy (non-hydrogen) atoms. The molecule has 2 atom stereocenters. The number of amides is 1. The average Bonchev–Trinajstić information content (AvgIpc) is 2.89. The van der Waals surface area contributed by atoms with Crippen LogP contribution >= 0.6 is 0 Å². The van der Waals surface area contributed by atoms with E-state index >= 15 is 0 Å². The molecule has 2 N–H and O–H groups in total. The first-order chi connectivity index (χ1) is 14.8. The number of allylic oxidation sites excluding steroid dienone is 1. The van der Waals surface area contributed by atoms with Gasteiger partial charge in [-0.3, -0.25) is 9.59 Å². The van der Waals surface area contributed by atoms with Crippen molar-refractivity contribution in [3.05, 3.63) is 51.6 Å². The second-order valence-electron chi connectivity index (χ2n) is 11.3. The highest BCUT2D eigenvalue weighted by Crippen LogP contribution is 2.62. The quantitative estimate of drug-likeness (QED) is 0.663. The summed E-state index contributed by atoms with van der Waals surface area (Å²) in [6, 6.07) is 6.25. The van der Waals surface area contributed by atoms with Crippen molar-refractivity contribution in [3.63, 3.8) is 0 Å². The van der Waals surface area contributed by atoms with E-state index in [1.807, 2.05) is 45.6 Å². The van der Waals surface area contributed by atoms with E-state index in [1.54, 1.807) is 0 Å². The number of benzene rings is 1. The molecule has 0 unspecified atom stereocenters. The second kappa shape index (κ2) is 6.04. The predicted molar refractivity (Wildman–Crippen MR) is 120 cm³/mol. The fourth-order valence-corrected chi connectivity index (χ4v) is 6.52. The SMILES string of the molecule is Cc1cc2c3c(c1)[C@]1(C(=O)N3C(C)(C)C[C@H]2C)C(C#N)=C(N)OC2=C1C(=O)CC(C)(C)C2. The number of aryl methyl sites for hydroxylation is 1. The molecule has 0 aromatic heterocycles. The minimum atomic E-state index is -1.54. The van der Waals surface area contributed by atoms with Gasteiger partial charge in [0.25, 0.3) is 0 Å². The molecular weight excluding hydrogens is 402 g/mol. The number of anilines is 1. The molecule has 1 spiro atoms. The number of ether oxygens (including phenoxy) is 1. The van der Waals surface area contributed by atoms with Crippen molar-refractivity contribution < 1.29 is 14.3 Å². The molecule has 0 bridgehead atoms. The van der Waals surface area contributed by atoms with Gasteiger partial charge in [-0.25, -0.2) is 0 Å². The van der Waals surface area contributed by atoms with Crippen LogP contribution in [-0.2, 0) is 19.7 Å². The number of nitriles is 1. The highest BCUT2D eigenvalue weighted by atomic mass is 16.5. The van der Waals surface area contributed by atoms with Gasteiger partial charge in [-0.05, 0) is 44.1 Å². The third-order valence-corrected chi connectivity index (χ3v) is 7.55. The summed E-state index contributed by atoms with van der Waals surface area (Å²) >= 11 is 0. The van der Waals surface area contributed by atoms with E-state index in [4.69, 9.17) is 10.5 Å². The number of fused-ring (bicyclic) bond motifs is 2. The number of hydrogen-bond acceptors (Lipinski definition) is 5. The standard InChI is InChI=1S/C26H29N3O3/c1-13-7-15-14(2)9-25(5,6)29-21(15)16(8-13)26(23(29)31)17(12-27)22(28)32-19-11-24(3,4)10-18(30)20(19)26/h7-8,14H,9-11,28H2,1-6H3/t14-,26+/m1/s1. The summed E-state index contributed by atoms with van der Waals surface area (Å²) in [5, 5.41) is 10.2. The van der Waals surface area contributed by atoms with Crippen LogP contribution in [0.3, 0.4) is 0 Å². The number of carbonyl (C=O) groups excluding carboxylic acids is 2. The predicted octanol–water partition coefficient (Wildman–Crippen LogP) is 4.23. The van der Waals surface area contributed by atoms with E-state index in [2.05, 4.69) is 19.1 Å². The van der Waals surface area contributed by atoms with Crippen LogP contribution in [0.4, 0.5) is 5.69 Å². The Morgan fingerprint density at radius 2 is 1.88 bits per heavy atom. The highest BCUT2D eigenvalue weighted by Gasteiger charge is 2.66. The smallest absolute Gasteiger partial charge is 0.248 e. The van der Waals surface area contributed by atoms with Crippen molar-refractivity contribution in [2.24, 2.45) is 11.1 Å². The van der Waals surface area contributed by atoms with Crippen molar-refractivity contribution in [2.45, 2.75) is 77.7 Å². The van der Waals surface area contributed by atoms with Gasteiger partial charge in [0.15, 0.2) is 5.78 Å². The van der Waals surface area contributed by atoms with Gasteiger partial charge in [0.2, 0.25) is 11.8 Å². The summed E-state index contributed by atoms with van der Waals surface area (Å²) in [6.45, 7) is 12.3. The third-order valence-electron chi connectivity index (χ3n) is 7.55. The Morgan fingerprint density at radius 3 is 2.53 bits per heavy atom. The minimum Gasteiger partial charge on any atom is -0.444 e. The molecule has 166 valence electrons. The maximum atomic E-state index is 14.5. The second-order valence-corrected chi connectivity index (χ2v) is 11.3.